The molecule has 14 nitrogen and oxygen atoms in total. The summed E-state index contributed by atoms with van der Waals surface area (Å²) in [5.41, 5.74) is 0.0632. The number of nitrogens with one attached hydrogen (secondary N) is 4. The van der Waals surface area contributed by atoms with E-state index in [9.17, 15) is 28.8 Å². The average molecular weight is 731 g/mol. The number of carbonyl (C=O) groups excluding carboxylic acids is 6. The van der Waals surface area contributed by atoms with Crippen molar-refractivity contribution >= 4 is 35.3 Å². The Kier molecular flexibility index (Phi) is 13.3. The normalized spacial score (nSPS) is 21.8. The quantitative estimate of drug-likeness (QED) is 0.212. The van der Waals surface area contributed by atoms with Gasteiger partial charge in [0.15, 0.2) is 0 Å². The minimum Gasteiger partial charge on any atom is -0.345 e. The minimum atomic E-state index is -1.06. The van der Waals surface area contributed by atoms with E-state index >= 15 is 0 Å². The van der Waals surface area contributed by atoms with Crippen molar-refractivity contribution in [2.24, 2.45) is 23.2 Å². The molecule has 3 aliphatic rings. The van der Waals surface area contributed by atoms with Crippen molar-refractivity contribution in [2.45, 2.75) is 123 Å². The molecule has 2 aromatic rings. The number of fused-ring (bicyclic) bond motifs is 1. The summed E-state index contributed by atoms with van der Waals surface area (Å²) in [6.07, 6.45) is 15.2. The van der Waals surface area contributed by atoms with Crippen LogP contribution < -0.4 is 21.3 Å². The van der Waals surface area contributed by atoms with Gasteiger partial charge in [-0.2, -0.15) is 0 Å². The van der Waals surface area contributed by atoms with Crippen molar-refractivity contribution in [1.82, 2.24) is 41.1 Å². The first-order chi connectivity index (χ1) is 25.4. The lowest BCUT2D eigenvalue weighted by Gasteiger charge is -2.38. The fourth-order valence-electron chi connectivity index (χ4n) is 8.16. The molecule has 3 heterocycles. The maximum Gasteiger partial charge on any atom is 0.289 e. The molecule has 1 saturated heterocycles. The summed E-state index contributed by atoms with van der Waals surface area (Å²) in [6, 6.07) is -0.330. The lowest BCUT2D eigenvalue weighted by Crippen LogP contribution is -2.62. The summed E-state index contributed by atoms with van der Waals surface area (Å²) < 4.78 is 0. The number of likely N-dealkylation sites (tertiary alicyclic amines) is 1. The Balaban J connectivity index is 1.34. The van der Waals surface area contributed by atoms with Crippen molar-refractivity contribution in [3.05, 3.63) is 54.4 Å². The lowest BCUT2D eigenvalue weighted by atomic mass is 9.82. The van der Waals surface area contributed by atoms with Gasteiger partial charge in [0.25, 0.3) is 11.8 Å². The van der Waals surface area contributed by atoms with Crippen LogP contribution >= 0.6 is 0 Å². The number of amides is 5. The van der Waals surface area contributed by atoms with Gasteiger partial charge in [0.05, 0.1) is 12.2 Å². The predicted molar refractivity (Wildman–Crippen MR) is 196 cm³/mol. The molecule has 6 atom stereocenters. The van der Waals surface area contributed by atoms with Gasteiger partial charge in [0.1, 0.15) is 23.8 Å². The van der Waals surface area contributed by atoms with E-state index in [1.165, 1.54) is 18.6 Å². The number of pyridine rings is 1. The van der Waals surface area contributed by atoms with Gasteiger partial charge in [-0.05, 0) is 66.9 Å². The highest BCUT2D eigenvalue weighted by molar-refractivity contribution is 6.38. The number of hydrogen-bond donors (Lipinski definition) is 4. The van der Waals surface area contributed by atoms with E-state index in [1.54, 1.807) is 29.4 Å². The molecule has 0 radical (unpaired) electrons. The zero-order chi connectivity index (χ0) is 38.1. The van der Waals surface area contributed by atoms with Gasteiger partial charge >= 0.3 is 0 Å². The van der Waals surface area contributed by atoms with Crippen molar-refractivity contribution < 1.29 is 28.8 Å². The SMILES string of the molecule is CCC[C@@H](NC(=O)[C@@H]1C2CCCC2CN1C(=O)[C@@H](NC(=O)[C@H](NC(=O)c1cnccn1)C1CCCCC1)C(C)(C)C)C(=O)C(=O)NCc1cccnc1. The second-order valence-electron chi connectivity index (χ2n) is 15.8. The fraction of sp³-hybridized carbons (Fsp3) is 0.615. The Bertz CT molecular complexity index is 1610. The molecule has 0 aromatic carbocycles. The van der Waals surface area contributed by atoms with E-state index < -0.39 is 64.9 Å². The van der Waals surface area contributed by atoms with Crippen LogP contribution in [-0.2, 0) is 30.5 Å². The maximum atomic E-state index is 14.7. The standard InChI is InChI=1S/C39H54N8O6/c1-5-11-28(32(48)37(52)43-21-24-12-10-17-40-20-24)44-36(51)31-27-16-9-15-26(27)23-47(31)38(53)33(39(2,3)4)46-35(50)30(25-13-7-6-8-14-25)45-34(49)29-22-41-18-19-42-29/h10,12,17-20,22,25-28,30-31,33H,5-9,11,13-16,21,23H2,1-4H3,(H,43,52)(H,44,51)(H,45,49)(H,46,50)/t26?,27?,28-,30-,31+,33-/m1/s1. The molecule has 0 spiro atoms. The fourth-order valence-corrected chi connectivity index (χ4v) is 8.16. The molecule has 4 N–H and O–H groups in total. The molecular formula is C39H54N8O6. The number of aromatic nitrogens is 3. The molecule has 2 saturated carbocycles. The van der Waals surface area contributed by atoms with Crippen LogP contribution in [0.25, 0.3) is 0 Å². The highest BCUT2D eigenvalue weighted by atomic mass is 16.2. The summed E-state index contributed by atoms with van der Waals surface area (Å²) in [7, 11) is 0. The van der Waals surface area contributed by atoms with Gasteiger partial charge in [-0.25, -0.2) is 4.98 Å². The third kappa shape index (κ3) is 9.82. The van der Waals surface area contributed by atoms with E-state index in [-0.39, 0.29) is 36.4 Å². The van der Waals surface area contributed by atoms with Crippen LogP contribution in [0.3, 0.4) is 0 Å². The van der Waals surface area contributed by atoms with E-state index in [2.05, 4.69) is 36.2 Å². The number of Topliss-reactive ketones (excluding diaryl/α,β-unsaturated/α-hetero) is 1. The number of hydrogen-bond acceptors (Lipinski definition) is 9. The zero-order valence-electron chi connectivity index (χ0n) is 31.3. The number of carbonyl (C=O) groups is 6. The van der Waals surface area contributed by atoms with Crippen LogP contribution in [0.5, 0.6) is 0 Å². The topological polar surface area (TPSA) is 192 Å². The van der Waals surface area contributed by atoms with Crippen LogP contribution in [0.1, 0.15) is 108 Å². The van der Waals surface area contributed by atoms with Gasteiger partial charge < -0.3 is 26.2 Å². The largest absolute Gasteiger partial charge is 0.345 e. The van der Waals surface area contributed by atoms with Gasteiger partial charge in [-0.3, -0.25) is 38.7 Å². The lowest BCUT2D eigenvalue weighted by molar-refractivity contribution is -0.146. The Morgan fingerprint density at radius 3 is 2.30 bits per heavy atom. The monoisotopic (exact) mass is 730 g/mol. The molecule has 0 bridgehead atoms. The Hall–Kier alpha value is -4.75. The Morgan fingerprint density at radius 2 is 1.64 bits per heavy atom. The van der Waals surface area contributed by atoms with Gasteiger partial charge in [-0.15, -0.1) is 0 Å². The summed E-state index contributed by atoms with van der Waals surface area (Å²) in [6.45, 7) is 7.90. The summed E-state index contributed by atoms with van der Waals surface area (Å²) >= 11 is 0. The van der Waals surface area contributed by atoms with Gasteiger partial charge in [0.2, 0.25) is 23.5 Å². The molecule has 14 heteroatoms. The van der Waals surface area contributed by atoms with E-state index in [0.29, 0.717) is 13.0 Å². The van der Waals surface area contributed by atoms with Crippen molar-refractivity contribution in [1.29, 1.82) is 0 Å². The summed E-state index contributed by atoms with van der Waals surface area (Å²) in [5.74, 6) is -3.56. The molecular weight excluding hydrogens is 676 g/mol. The third-order valence-corrected chi connectivity index (χ3v) is 10.9. The average Bonchev–Trinajstić information content (AvgIpc) is 3.77. The van der Waals surface area contributed by atoms with Crippen molar-refractivity contribution in [3.63, 3.8) is 0 Å². The van der Waals surface area contributed by atoms with Crippen LogP contribution in [-0.4, -0.2) is 85.9 Å². The number of rotatable bonds is 14. The van der Waals surface area contributed by atoms with Gasteiger partial charge in [-0.1, -0.05) is 65.9 Å². The second-order valence-corrected chi connectivity index (χ2v) is 15.8. The molecule has 286 valence electrons. The van der Waals surface area contributed by atoms with Crippen molar-refractivity contribution in [2.75, 3.05) is 6.54 Å². The molecule has 1 aliphatic heterocycles. The molecule has 3 fully saturated rings. The predicted octanol–water partition coefficient (Wildman–Crippen LogP) is 2.88. The highest BCUT2D eigenvalue weighted by Gasteiger charge is 2.52. The number of ketones is 1. The van der Waals surface area contributed by atoms with Crippen molar-refractivity contribution in [3.8, 4) is 0 Å². The molecule has 5 amide bonds. The molecule has 2 aromatic heterocycles. The maximum absolute atomic E-state index is 14.7. The van der Waals surface area contributed by atoms with E-state index in [1.807, 2.05) is 27.7 Å². The summed E-state index contributed by atoms with van der Waals surface area (Å²) in [5, 5.41) is 11.4. The second kappa shape index (κ2) is 17.8. The molecule has 5 rings (SSSR count). The van der Waals surface area contributed by atoms with Gasteiger partial charge in [0, 0.05) is 37.9 Å². The third-order valence-electron chi connectivity index (χ3n) is 10.9. The van der Waals surface area contributed by atoms with Crippen LogP contribution in [0, 0.1) is 23.2 Å². The zero-order valence-corrected chi connectivity index (χ0v) is 31.3. The summed E-state index contributed by atoms with van der Waals surface area (Å²) in [4.78, 5) is 96.3. The first kappa shape index (κ1) is 39.5. The van der Waals surface area contributed by atoms with Crippen LogP contribution in [0.4, 0.5) is 0 Å². The number of nitrogens with zero attached hydrogens (tertiary/aromatic N) is 4. The van der Waals surface area contributed by atoms with E-state index in [0.717, 1.165) is 56.9 Å². The molecule has 2 aliphatic carbocycles. The Morgan fingerprint density at radius 1 is 0.887 bits per heavy atom. The molecule has 2 unspecified atom stereocenters. The smallest absolute Gasteiger partial charge is 0.289 e. The van der Waals surface area contributed by atoms with Crippen LogP contribution in [0.2, 0.25) is 0 Å². The first-order valence-electron chi connectivity index (χ1n) is 19.1. The highest BCUT2D eigenvalue weighted by Crippen LogP contribution is 2.43. The van der Waals surface area contributed by atoms with E-state index in [4.69, 9.17) is 0 Å². The van der Waals surface area contributed by atoms with Crippen LogP contribution in [0.15, 0.2) is 43.1 Å². The first-order valence-corrected chi connectivity index (χ1v) is 19.1. The minimum absolute atomic E-state index is 0.0906. The molecule has 53 heavy (non-hydrogen) atoms. The Labute approximate surface area is 311 Å².